The minimum Gasteiger partial charge on any atom is -0.295 e. The predicted octanol–water partition coefficient (Wildman–Crippen LogP) is 9.49. The maximum absolute atomic E-state index is 5.39. The zero-order chi connectivity index (χ0) is 30.2. The highest BCUT2D eigenvalue weighted by Crippen LogP contribution is 2.60. The zero-order valence-corrected chi connectivity index (χ0v) is 24.8. The quantitative estimate of drug-likeness (QED) is 0.207. The summed E-state index contributed by atoms with van der Waals surface area (Å²) in [5.41, 5.74) is 13.9. The van der Waals surface area contributed by atoms with Crippen LogP contribution in [0.3, 0.4) is 0 Å². The molecule has 2 aliphatic rings. The van der Waals surface area contributed by atoms with Gasteiger partial charge < -0.3 is 0 Å². The fourth-order valence-corrected chi connectivity index (χ4v) is 7.67. The highest BCUT2D eigenvalue weighted by Gasteiger charge is 2.54. The average molecular weight is 587 g/mol. The fraction of sp³-hybridized carbons (Fsp3) is 0.0238. The molecule has 4 nitrogen and oxygen atoms in total. The molecule has 0 radical (unpaired) electrons. The van der Waals surface area contributed by atoms with Gasteiger partial charge in [0.2, 0.25) is 0 Å². The lowest BCUT2D eigenvalue weighted by Crippen LogP contribution is -2.27. The van der Waals surface area contributed by atoms with Crippen LogP contribution in [0.15, 0.2) is 158 Å². The van der Waals surface area contributed by atoms with Crippen LogP contribution in [0.2, 0.25) is 0 Å². The summed E-state index contributed by atoms with van der Waals surface area (Å²) in [5, 5.41) is 0. The van der Waals surface area contributed by atoms with Gasteiger partial charge in [0.25, 0.3) is 0 Å². The molecule has 46 heavy (non-hydrogen) atoms. The molecule has 1 unspecified atom stereocenters. The first kappa shape index (κ1) is 25.2. The van der Waals surface area contributed by atoms with Gasteiger partial charge >= 0.3 is 0 Å². The third-order valence-corrected chi connectivity index (χ3v) is 9.61. The molecule has 3 heterocycles. The molecule has 214 valence electrons. The van der Waals surface area contributed by atoms with Crippen molar-refractivity contribution in [3.05, 3.63) is 180 Å². The van der Waals surface area contributed by atoms with E-state index in [1.807, 2.05) is 24.3 Å². The number of hydrogen-bond donors (Lipinski definition) is 0. The molecule has 0 fully saturated rings. The molecule has 4 heteroatoms. The topological polar surface area (TPSA) is 43.6 Å². The van der Waals surface area contributed by atoms with E-state index in [4.69, 9.17) is 15.0 Å². The summed E-state index contributed by atoms with van der Waals surface area (Å²) in [4.78, 5) is 15.6. The SMILES string of the molecule is c1ccc(-c2cc(-c3ccc4c(c3)C3(c5ccccc5-4)c4ccccc4-n4c3nc3ccccc34)nc(-c3ccccc3)n2)cc1. The zero-order valence-electron chi connectivity index (χ0n) is 24.8. The Balaban J connectivity index is 1.27. The van der Waals surface area contributed by atoms with Crippen LogP contribution in [0, 0.1) is 0 Å². The van der Waals surface area contributed by atoms with Crippen molar-refractivity contribution < 1.29 is 0 Å². The van der Waals surface area contributed by atoms with E-state index in [2.05, 4.69) is 138 Å². The molecule has 0 saturated carbocycles. The Bertz CT molecular complexity index is 2420. The van der Waals surface area contributed by atoms with Gasteiger partial charge in [-0.2, -0.15) is 0 Å². The van der Waals surface area contributed by atoms with E-state index in [0.717, 1.165) is 44.9 Å². The molecule has 2 aromatic heterocycles. The van der Waals surface area contributed by atoms with E-state index >= 15 is 0 Å². The molecule has 1 aliphatic heterocycles. The van der Waals surface area contributed by atoms with Crippen LogP contribution >= 0.6 is 0 Å². The van der Waals surface area contributed by atoms with Gasteiger partial charge in [-0.15, -0.1) is 0 Å². The Morgan fingerprint density at radius 3 is 1.89 bits per heavy atom. The van der Waals surface area contributed by atoms with Crippen molar-refractivity contribution >= 4 is 11.0 Å². The van der Waals surface area contributed by atoms with Crippen molar-refractivity contribution in [2.75, 3.05) is 0 Å². The van der Waals surface area contributed by atoms with E-state index in [1.54, 1.807) is 0 Å². The first-order chi connectivity index (χ1) is 22.8. The lowest BCUT2D eigenvalue weighted by atomic mass is 9.72. The van der Waals surface area contributed by atoms with Gasteiger partial charge in [-0.05, 0) is 58.1 Å². The maximum atomic E-state index is 5.39. The molecular formula is C42H26N4. The maximum Gasteiger partial charge on any atom is 0.160 e. The summed E-state index contributed by atoms with van der Waals surface area (Å²) in [5.74, 6) is 1.75. The second-order valence-corrected chi connectivity index (χ2v) is 12.0. The standard InChI is InChI=1S/C42H26N4/c1-3-13-27(14-4-1)36-26-37(44-40(43-36)28-15-5-2-6-16-28)29-23-24-31-30-17-7-8-18-32(30)42(34(31)25-29)33-19-9-11-21-38(33)46-39-22-12-10-20-35(39)45-41(42)46/h1-26H. The summed E-state index contributed by atoms with van der Waals surface area (Å²) in [6.45, 7) is 0. The first-order valence-corrected chi connectivity index (χ1v) is 15.6. The third kappa shape index (κ3) is 3.36. The van der Waals surface area contributed by atoms with Gasteiger partial charge in [-0.3, -0.25) is 4.57 Å². The van der Waals surface area contributed by atoms with Gasteiger partial charge in [0.1, 0.15) is 11.2 Å². The van der Waals surface area contributed by atoms with Crippen LogP contribution < -0.4 is 0 Å². The molecule has 0 amide bonds. The average Bonchev–Trinajstić information content (AvgIpc) is 3.76. The number of hydrogen-bond acceptors (Lipinski definition) is 3. The number of nitrogens with zero attached hydrogens (tertiary/aromatic N) is 4. The third-order valence-electron chi connectivity index (χ3n) is 9.61. The summed E-state index contributed by atoms with van der Waals surface area (Å²) in [6, 6.07) is 55.7. The minimum absolute atomic E-state index is 0.560. The number of rotatable bonds is 3. The van der Waals surface area contributed by atoms with E-state index < -0.39 is 5.41 Å². The number of fused-ring (bicyclic) bond motifs is 12. The van der Waals surface area contributed by atoms with Crippen LogP contribution in [0.4, 0.5) is 0 Å². The lowest BCUT2D eigenvalue weighted by Gasteiger charge is -2.27. The molecule has 8 aromatic rings. The van der Waals surface area contributed by atoms with Crippen molar-refractivity contribution in [2.45, 2.75) is 5.41 Å². The molecule has 1 atom stereocenters. The first-order valence-electron chi connectivity index (χ1n) is 15.6. The van der Waals surface area contributed by atoms with E-state index in [0.29, 0.717) is 5.82 Å². The van der Waals surface area contributed by atoms with Gasteiger partial charge in [0.15, 0.2) is 5.82 Å². The van der Waals surface area contributed by atoms with Crippen molar-refractivity contribution in [2.24, 2.45) is 0 Å². The molecule has 1 aliphatic carbocycles. The summed E-state index contributed by atoms with van der Waals surface area (Å²) in [6.07, 6.45) is 0. The molecule has 6 aromatic carbocycles. The van der Waals surface area contributed by atoms with Crippen molar-refractivity contribution in [1.82, 2.24) is 19.5 Å². The number of para-hydroxylation sites is 3. The number of aromatic nitrogens is 4. The van der Waals surface area contributed by atoms with Crippen LogP contribution in [-0.4, -0.2) is 19.5 Å². The summed E-state index contributed by atoms with van der Waals surface area (Å²) in [7, 11) is 0. The monoisotopic (exact) mass is 586 g/mol. The normalized spacial score (nSPS) is 15.5. The number of benzene rings is 6. The van der Waals surface area contributed by atoms with E-state index in [-0.39, 0.29) is 0 Å². The summed E-state index contributed by atoms with van der Waals surface area (Å²) >= 11 is 0. The highest BCUT2D eigenvalue weighted by atomic mass is 15.1. The van der Waals surface area contributed by atoms with Gasteiger partial charge in [0.05, 0.1) is 28.1 Å². The summed E-state index contributed by atoms with van der Waals surface area (Å²) < 4.78 is 2.37. The largest absolute Gasteiger partial charge is 0.295 e. The Kier molecular flexibility index (Phi) is 5.17. The molecule has 0 bridgehead atoms. The molecule has 1 spiro atoms. The van der Waals surface area contributed by atoms with Crippen molar-refractivity contribution in [1.29, 1.82) is 0 Å². The van der Waals surface area contributed by atoms with E-state index in [1.165, 1.54) is 33.5 Å². The van der Waals surface area contributed by atoms with Crippen LogP contribution in [0.25, 0.3) is 61.8 Å². The van der Waals surface area contributed by atoms with Gasteiger partial charge in [-0.25, -0.2) is 15.0 Å². The van der Waals surface area contributed by atoms with Crippen LogP contribution in [-0.2, 0) is 5.41 Å². The minimum atomic E-state index is -0.560. The molecule has 10 rings (SSSR count). The Hall–Kier alpha value is -6.13. The smallest absolute Gasteiger partial charge is 0.160 e. The molecule has 0 N–H and O–H groups in total. The fourth-order valence-electron chi connectivity index (χ4n) is 7.67. The second-order valence-electron chi connectivity index (χ2n) is 12.0. The predicted molar refractivity (Wildman–Crippen MR) is 184 cm³/mol. The lowest BCUT2D eigenvalue weighted by molar-refractivity contribution is 0.738. The number of imidazole rings is 1. The molecular weight excluding hydrogens is 560 g/mol. The van der Waals surface area contributed by atoms with Crippen LogP contribution in [0.1, 0.15) is 22.5 Å². The van der Waals surface area contributed by atoms with Crippen molar-refractivity contribution in [3.63, 3.8) is 0 Å². The van der Waals surface area contributed by atoms with Gasteiger partial charge in [0, 0.05) is 16.7 Å². The van der Waals surface area contributed by atoms with Crippen molar-refractivity contribution in [3.8, 4) is 50.7 Å². The Morgan fingerprint density at radius 1 is 0.435 bits per heavy atom. The van der Waals surface area contributed by atoms with Crippen LogP contribution in [0.5, 0.6) is 0 Å². The highest BCUT2D eigenvalue weighted by molar-refractivity contribution is 5.92. The van der Waals surface area contributed by atoms with Gasteiger partial charge in [-0.1, -0.05) is 127 Å². The van der Waals surface area contributed by atoms with E-state index in [9.17, 15) is 0 Å². The Labute approximate surface area is 266 Å². The molecule has 0 saturated heterocycles. The second kappa shape index (κ2) is 9.43. The Morgan fingerprint density at radius 2 is 1.07 bits per heavy atom.